The van der Waals surface area contributed by atoms with Crippen LogP contribution < -0.4 is 26.1 Å². The largest absolute Gasteiger partial charge is 0.486 e. The molecule has 1 aromatic carbocycles. The molecule has 0 saturated heterocycles. The fourth-order valence-corrected chi connectivity index (χ4v) is 1.75. The maximum absolute atomic E-state index is 5.51. The summed E-state index contributed by atoms with van der Waals surface area (Å²) in [7, 11) is 0. The van der Waals surface area contributed by atoms with E-state index in [1.165, 1.54) is 0 Å². The number of hydrazine groups is 1. The number of anilines is 3. The van der Waals surface area contributed by atoms with Gasteiger partial charge in [0.2, 0.25) is 5.95 Å². The third-order valence-corrected chi connectivity index (χ3v) is 2.60. The van der Waals surface area contributed by atoms with Crippen molar-refractivity contribution in [1.29, 1.82) is 0 Å². The van der Waals surface area contributed by atoms with E-state index < -0.39 is 0 Å². The van der Waals surface area contributed by atoms with Gasteiger partial charge in [-0.3, -0.25) is 0 Å². The highest BCUT2D eigenvalue weighted by Gasteiger charge is 2.12. The first-order valence-electron chi connectivity index (χ1n) is 5.81. The molecule has 2 aromatic rings. The molecule has 0 aliphatic carbocycles. The number of ether oxygens (including phenoxy) is 2. The first-order chi connectivity index (χ1) is 9.35. The van der Waals surface area contributed by atoms with Gasteiger partial charge in [0.25, 0.3) is 0 Å². The topological polar surface area (TPSA) is 94.3 Å². The molecule has 7 heteroatoms. The minimum Gasteiger partial charge on any atom is -0.486 e. The molecule has 1 aromatic heterocycles. The predicted octanol–water partition coefficient (Wildman–Crippen LogP) is 1.28. The van der Waals surface area contributed by atoms with Crippen molar-refractivity contribution < 1.29 is 9.47 Å². The van der Waals surface area contributed by atoms with Gasteiger partial charge in [-0.1, -0.05) is 0 Å². The Hall–Kier alpha value is -2.54. The zero-order chi connectivity index (χ0) is 13.1. The molecule has 7 nitrogen and oxygen atoms in total. The van der Waals surface area contributed by atoms with E-state index in [2.05, 4.69) is 20.7 Å². The van der Waals surface area contributed by atoms with Gasteiger partial charge in [0.1, 0.15) is 19.0 Å². The van der Waals surface area contributed by atoms with E-state index in [0.29, 0.717) is 30.7 Å². The van der Waals surface area contributed by atoms with Crippen molar-refractivity contribution in [1.82, 2.24) is 9.97 Å². The second-order valence-electron chi connectivity index (χ2n) is 3.89. The summed E-state index contributed by atoms with van der Waals surface area (Å²) in [4.78, 5) is 8.27. The van der Waals surface area contributed by atoms with Gasteiger partial charge >= 0.3 is 0 Å². The number of fused-ring (bicyclic) bond motifs is 1. The van der Waals surface area contributed by atoms with Crippen molar-refractivity contribution in [3.8, 4) is 11.5 Å². The number of nitrogen functional groups attached to an aromatic ring is 1. The van der Waals surface area contributed by atoms with Crippen molar-refractivity contribution in [3.05, 3.63) is 30.5 Å². The van der Waals surface area contributed by atoms with E-state index in [1.54, 1.807) is 12.3 Å². The Morgan fingerprint density at radius 2 is 1.95 bits per heavy atom. The molecular weight excluding hydrogens is 246 g/mol. The average Bonchev–Trinajstić information content (AvgIpc) is 2.47. The zero-order valence-electron chi connectivity index (χ0n) is 10.1. The van der Waals surface area contributed by atoms with Crippen LogP contribution in [0.15, 0.2) is 30.5 Å². The van der Waals surface area contributed by atoms with Gasteiger partial charge < -0.3 is 20.2 Å². The fourth-order valence-electron chi connectivity index (χ4n) is 1.75. The highest BCUT2D eigenvalue weighted by atomic mass is 16.6. The third kappa shape index (κ3) is 2.50. The number of hydrogen-bond acceptors (Lipinski definition) is 7. The highest BCUT2D eigenvalue weighted by Crippen LogP contribution is 2.33. The maximum Gasteiger partial charge on any atom is 0.229 e. The molecule has 3 rings (SSSR count). The first-order valence-corrected chi connectivity index (χ1v) is 5.81. The summed E-state index contributed by atoms with van der Waals surface area (Å²) in [5.74, 6) is 7.74. The van der Waals surface area contributed by atoms with Crippen molar-refractivity contribution in [2.45, 2.75) is 0 Å². The van der Waals surface area contributed by atoms with Crippen LogP contribution in [0.4, 0.5) is 17.5 Å². The number of nitrogens with one attached hydrogen (secondary N) is 2. The van der Waals surface area contributed by atoms with Crippen LogP contribution in [0.1, 0.15) is 0 Å². The van der Waals surface area contributed by atoms with Crippen LogP contribution in [0.2, 0.25) is 0 Å². The molecule has 0 bridgehead atoms. The van der Waals surface area contributed by atoms with Crippen LogP contribution in [0.3, 0.4) is 0 Å². The molecular formula is C12H13N5O2. The molecule has 0 amide bonds. The third-order valence-electron chi connectivity index (χ3n) is 2.60. The SMILES string of the molecule is NNc1ccnc(Nc2ccc3c(c2)OCCO3)n1. The van der Waals surface area contributed by atoms with Crippen LogP contribution in [-0.4, -0.2) is 23.2 Å². The van der Waals surface area contributed by atoms with E-state index in [1.807, 2.05) is 18.2 Å². The summed E-state index contributed by atoms with van der Waals surface area (Å²) in [5.41, 5.74) is 3.29. The Morgan fingerprint density at radius 3 is 2.79 bits per heavy atom. The lowest BCUT2D eigenvalue weighted by atomic mass is 10.2. The van der Waals surface area contributed by atoms with Gasteiger partial charge in [-0.25, -0.2) is 10.8 Å². The molecule has 4 N–H and O–H groups in total. The van der Waals surface area contributed by atoms with Crippen LogP contribution >= 0.6 is 0 Å². The number of nitrogens with zero attached hydrogens (tertiary/aromatic N) is 2. The Morgan fingerprint density at radius 1 is 1.11 bits per heavy atom. The van der Waals surface area contributed by atoms with Crippen LogP contribution in [-0.2, 0) is 0 Å². The van der Waals surface area contributed by atoms with E-state index in [0.717, 1.165) is 11.4 Å². The van der Waals surface area contributed by atoms with Gasteiger partial charge in [-0.2, -0.15) is 4.98 Å². The molecule has 0 spiro atoms. The Labute approximate surface area is 109 Å². The normalized spacial score (nSPS) is 12.9. The summed E-state index contributed by atoms with van der Waals surface area (Å²) >= 11 is 0. The molecule has 1 aliphatic rings. The second-order valence-corrected chi connectivity index (χ2v) is 3.89. The van der Waals surface area contributed by atoms with E-state index in [9.17, 15) is 0 Å². The minimum absolute atomic E-state index is 0.451. The van der Waals surface area contributed by atoms with Crippen molar-refractivity contribution in [2.75, 3.05) is 24.0 Å². The van der Waals surface area contributed by atoms with Crippen LogP contribution in [0.5, 0.6) is 11.5 Å². The highest BCUT2D eigenvalue weighted by molar-refractivity contribution is 5.60. The zero-order valence-corrected chi connectivity index (χ0v) is 10.1. The quantitative estimate of drug-likeness (QED) is 0.564. The van der Waals surface area contributed by atoms with E-state index in [4.69, 9.17) is 15.3 Å². The molecule has 0 saturated carbocycles. The lowest BCUT2D eigenvalue weighted by Gasteiger charge is -2.19. The summed E-state index contributed by atoms with van der Waals surface area (Å²) in [6.07, 6.45) is 1.61. The maximum atomic E-state index is 5.51. The Kier molecular flexibility index (Phi) is 3.03. The Balaban J connectivity index is 1.82. The molecule has 0 fully saturated rings. The summed E-state index contributed by atoms with van der Waals surface area (Å²) < 4.78 is 11.0. The Bertz CT molecular complexity index is 590. The molecule has 98 valence electrons. The summed E-state index contributed by atoms with van der Waals surface area (Å²) in [6.45, 7) is 1.13. The fraction of sp³-hybridized carbons (Fsp3) is 0.167. The van der Waals surface area contributed by atoms with Gasteiger partial charge in [-0.15, -0.1) is 0 Å². The standard InChI is InChI=1S/C12H13N5O2/c13-17-11-3-4-14-12(16-11)15-8-1-2-9-10(7-8)19-6-5-18-9/h1-4,7H,5-6,13H2,(H2,14,15,16,17). The lowest BCUT2D eigenvalue weighted by molar-refractivity contribution is 0.171. The molecule has 2 heterocycles. The van der Waals surface area contributed by atoms with Crippen molar-refractivity contribution in [2.24, 2.45) is 5.84 Å². The molecule has 0 unspecified atom stereocenters. The number of aromatic nitrogens is 2. The summed E-state index contributed by atoms with van der Waals surface area (Å²) in [6, 6.07) is 7.25. The molecule has 0 radical (unpaired) electrons. The number of nitrogens with two attached hydrogens (primary N) is 1. The van der Waals surface area contributed by atoms with Crippen molar-refractivity contribution in [3.63, 3.8) is 0 Å². The number of benzene rings is 1. The van der Waals surface area contributed by atoms with Crippen LogP contribution in [0, 0.1) is 0 Å². The van der Waals surface area contributed by atoms with Gasteiger partial charge in [0.05, 0.1) is 0 Å². The van der Waals surface area contributed by atoms with Crippen LogP contribution in [0.25, 0.3) is 0 Å². The molecule has 0 atom stereocenters. The first kappa shape index (κ1) is 11.5. The number of rotatable bonds is 3. The predicted molar refractivity (Wildman–Crippen MR) is 70.6 cm³/mol. The van der Waals surface area contributed by atoms with Gasteiger partial charge in [0.15, 0.2) is 11.5 Å². The smallest absolute Gasteiger partial charge is 0.229 e. The molecule has 19 heavy (non-hydrogen) atoms. The van der Waals surface area contributed by atoms with Crippen molar-refractivity contribution >= 4 is 17.5 Å². The van der Waals surface area contributed by atoms with E-state index in [-0.39, 0.29) is 0 Å². The lowest BCUT2D eigenvalue weighted by Crippen LogP contribution is -2.15. The minimum atomic E-state index is 0.451. The monoisotopic (exact) mass is 259 g/mol. The summed E-state index contributed by atoms with van der Waals surface area (Å²) in [5, 5.41) is 3.08. The van der Waals surface area contributed by atoms with Gasteiger partial charge in [-0.05, 0) is 12.1 Å². The van der Waals surface area contributed by atoms with Gasteiger partial charge in [0, 0.05) is 24.0 Å². The average molecular weight is 259 g/mol. The van der Waals surface area contributed by atoms with E-state index >= 15 is 0 Å². The molecule has 1 aliphatic heterocycles. The number of hydrogen-bond donors (Lipinski definition) is 3. The second kappa shape index (κ2) is 4.99.